The van der Waals surface area contributed by atoms with Crippen LogP contribution in [0.1, 0.15) is 37.8 Å². The van der Waals surface area contributed by atoms with Crippen LogP contribution in [-0.4, -0.2) is 23.7 Å². The number of aromatic hydroxyl groups is 1. The van der Waals surface area contributed by atoms with Gasteiger partial charge in [0.1, 0.15) is 11.6 Å². The molecule has 2 N–H and O–H groups in total. The van der Waals surface area contributed by atoms with E-state index in [-0.39, 0.29) is 17.6 Å². The number of phenolic OH excluding ortho intramolecular Hbond substituents is 1. The molecular weight excluding hydrogens is 249 g/mol. The van der Waals surface area contributed by atoms with Crippen LogP contribution in [0.3, 0.4) is 0 Å². The van der Waals surface area contributed by atoms with E-state index < -0.39 is 0 Å². The summed E-state index contributed by atoms with van der Waals surface area (Å²) in [6.45, 7) is 2.84. The van der Waals surface area contributed by atoms with E-state index in [1.54, 1.807) is 0 Å². The summed E-state index contributed by atoms with van der Waals surface area (Å²) < 4.78 is 13.1. The number of rotatable bonds is 8. The summed E-state index contributed by atoms with van der Waals surface area (Å²) in [7, 11) is 0. The van der Waals surface area contributed by atoms with Crippen LogP contribution < -0.4 is 5.32 Å². The molecule has 0 heterocycles. The zero-order valence-corrected chi connectivity index (χ0v) is 11.9. The van der Waals surface area contributed by atoms with Gasteiger partial charge in [0, 0.05) is 11.6 Å². The lowest BCUT2D eigenvalue weighted by Crippen LogP contribution is -2.20. The first-order valence-electron chi connectivity index (χ1n) is 6.36. The van der Waals surface area contributed by atoms with Gasteiger partial charge in [-0.25, -0.2) is 4.39 Å². The van der Waals surface area contributed by atoms with Crippen LogP contribution in [0.5, 0.6) is 5.75 Å². The molecule has 0 fully saturated rings. The zero-order valence-electron chi connectivity index (χ0n) is 11.1. The second kappa shape index (κ2) is 8.38. The molecule has 1 aromatic rings. The molecule has 0 aromatic heterocycles. The monoisotopic (exact) mass is 271 g/mol. The van der Waals surface area contributed by atoms with Gasteiger partial charge in [-0.15, -0.1) is 0 Å². The zero-order chi connectivity index (χ0) is 13.4. The number of benzene rings is 1. The molecular formula is C14H22FNOS. The molecule has 0 aliphatic heterocycles. The second-order valence-corrected chi connectivity index (χ2v) is 5.42. The third kappa shape index (κ3) is 5.27. The molecule has 0 spiro atoms. The van der Waals surface area contributed by atoms with Gasteiger partial charge in [0.15, 0.2) is 0 Å². The predicted molar refractivity (Wildman–Crippen MR) is 76.7 cm³/mol. The van der Waals surface area contributed by atoms with E-state index in [9.17, 15) is 9.50 Å². The van der Waals surface area contributed by atoms with Crippen molar-refractivity contribution < 1.29 is 9.50 Å². The number of phenols is 1. The molecule has 102 valence electrons. The highest BCUT2D eigenvalue weighted by Crippen LogP contribution is 2.24. The number of halogens is 1. The summed E-state index contributed by atoms with van der Waals surface area (Å²) >= 11 is 1.87. The maximum absolute atomic E-state index is 13.1. The maximum atomic E-state index is 13.1. The highest BCUT2D eigenvalue weighted by Gasteiger charge is 2.10. The Kier molecular flexibility index (Phi) is 7.13. The normalized spacial score (nSPS) is 12.6. The molecule has 4 heteroatoms. The van der Waals surface area contributed by atoms with Gasteiger partial charge in [0.05, 0.1) is 0 Å². The van der Waals surface area contributed by atoms with E-state index in [0.29, 0.717) is 5.56 Å². The summed E-state index contributed by atoms with van der Waals surface area (Å²) in [5.74, 6) is 1.05. The Balaban J connectivity index is 2.31. The molecule has 0 amide bonds. The first-order valence-corrected chi connectivity index (χ1v) is 7.75. The van der Waals surface area contributed by atoms with Gasteiger partial charge >= 0.3 is 0 Å². The highest BCUT2D eigenvalue weighted by molar-refractivity contribution is 7.98. The molecule has 1 aromatic carbocycles. The Hall–Kier alpha value is -0.740. The summed E-state index contributed by atoms with van der Waals surface area (Å²) in [6, 6.07) is 4.04. The van der Waals surface area contributed by atoms with Gasteiger partial charge in [-0.1, -0.05) is 6.42 Å². The molecule has 1 atom stereocenters. The van der Waals surface area contributed by atoms with Crippen molar-refractivity contribution in [3.05, 3.63) is 29.6 Å². The van der Waals surface area contributed by atoms with Gasteiger partial charge in [0.25, 0.3) is 0 Å². The Bertz CT molecular complexity index is 360. The molecule has 1 unspecified atom stereocenters. The van der Waals surface area contributed by atoms with Gasteiger partial charge < -0.3 is 10.4 Å². The van der Waals surface area contributed by atoms with Crippen LogP contribution in [0.2, 0.25) is 0 Å². The minimum absolute atomic E-state index is 0.0266. The van der Waals surface area contributed by atoms with Crippen molar-refractivity contribution in [1.82, 2.24) is 5.32 Å². The quantitative estimate of drug-likeness (QED) is 0.707. The largest absolute Gasteiger partial charge is 0.508 e. The highest BCUT2D eigenvalue weighted by atomic mass is 32.2. The van der Waals surface area contributed by atoms with Gasteiger partial charge in [0.2, 0.25) is 0 Å². The van der Waals surface area contributed by atoms with Crippen LogP contribution in [0.25, 0.3) is 0 Å². The molecule has 0 saturated heterocycles. The van der Waals surface area contributed by atoms with Crippen molar-refractivity contribution in [2.24, 2.45) is 0 Å². The number of hydrogen-bond acceptors (Lipinski definition) is 3. The summed E-state index contributed by atoms with van der Waals surface area (Å²) in [5.41, 5.74) is 0.624. The lowest BCUT2D eigenvalue weighted by atomic mass is 10.1. The topological polar surface area (TPSA) is 32.3 Å². The number of hydrogen-bond donors (Lipinski definition) is 2. The summed E-state index contributed by atoms with van der Waals surface area (Å²) in [4.78, 5) is 0. The minimum atomic E-state index is -0.309. The molecule has 0 aliphatic rings. The average molecular weight is 271 g/mol. The van der Waals surface area contributed by atoms with Crippen molar-refractivity contribution in [2.75, 3.05) is 18.6 Å². The molecule has 0 saturated carbocycles. The Morgan fingerprint density at radius 2 is 2.11 bits per heavy atom. The fourth-order valence-electron chi connectivity index (χ4n) is 1.85. The van der Waals surface area contributed by atoms with Crippen molar-refractivity contribution in [2.45, 2.75) is 32.2 Å². The predicted octanol–water partition coefficient (Wildman–Crippen LogP) is 3.72. The van der Waals surface area contributed by atoms with Crippen molar-refractivity contribution >= 4 is 11.8 Å². The van der Waals surface area contributed by atoms with E-state index in [1.165, 1.54) is 36.8 Å². The summed E-state index contributed by atoms with van der Waals surface area (Å²) in [5, 5.41) is 13.0. The third-order valence-electron chi connectivity index (χ3n) is 2.93. The van der Waals surface area contributed by atoms with Gasteiger partial charge in [-0.05, 0) is 56.5 Å². The molecule has 0 aliphatic carbocycles. The molecule has 1 rings (SSSR count). The van der Waals surface area contributed by atoms with Gasteiger partial charge in [-0.2, -0.15) is 11.8 Å². The van der Waals surface area contributed by atoms with E-state index in [0.717, 1.165) is 13.0 Å². The lowest BCUT2D eigenvalue weighted by Gasteiger charge is -2.15. The van der Waals surface area contributed by atoms with Crippen LogP contribution in [0.15, 0.2) is 18.2 Å². The van der Waals surface area contributed by atoms with E-state index in [1.807, 2.05) is 18.7 Å². The van der Waals surface area contributed by atoms with Crippen LogP contribution >= 0.6 is 11.8 Å². The maximum Gasteiger partial charge on any atom is 0.123 e. The Morgan fingerprint density at radius 1 is 1.33 bits per heavy atom. The second-order valence-electron chi connectivity index (χ2n) is 4.43. The SMILES string of the molecule is CSCCCCCNC(C)c1cc(F)ccc1O. The number of unbranched alkanes of at least 4 members (excludes halogenated alkanes) is 2. The van der Waals surface area contributed by atoms with Crippen LogP contribution in [-0.2, 0) is 0 Å². The van der Waals surface area contributed by atoms with Gasteiger partial charge in [-0.3, -0.25) is 0 Å². The van der Waals surface area contributed by atoms with Crippen LogP contribution in [0, 0.1) is 5.82 Å². The first-order chi connectivity index (χ1) is 8.65. The Morgan fingerprint density at radius 3 is 2.83 bits per heavy atom. The fraction of sp³-hybridized carbons (Fsp3) is 0.571. The average Bonchev–Trinajstić information content (AvgIpc) is 2.36. The molecule has 0 radical (unpaired) electrons. The molecule has 0 bridgehead atoms. The van der Waals surface area contributed by atoms with Crippen molar-refractivity contribution in [1.29, 1.82) is 0 Å². The first kappa shape index (κ1) is 15.3. The van der Waals surface area contributed by atoms with E-state index >= 15 is 0 Å². The fourth-order valence-corrected chi connectivity index (χ4v) is 2.34. The lowest BCUT2D eigenvalue weighted by molar-refractivity contribution is 0.447. The number of thioether (sulfide) groups is 1. The Labute approximate surface area is 113 Å². The van der Waals surface area contributed by atoms with Crippen molar-refractivity contribution in [3.63, 3.8) is 0 Å². The summed E-state index contributed by atoms with van der Waals surface area (Å²) in [6.07, 6.45) is 5.67. The van der Waals surface area contributed by atoms with Crippen LogP contribution in [0.4, 0.5) is 4.39 Å². The standard InChI is InChI=1S/C14H22FNOS/c1-11(16-8-4-3-5-9-18-2)13-10-12(15)6-7-14(13)17/h6-7,10-11,16-17H,3-5,8-9H2,1-2H3. The minimum Gasteiger partial charge on any atom is -0.508 e. The third-order valence-corrected chi connectivity index (χ3v) is 3.63. The smallest absolute Gasteiger partial charge is 0.123 e. The van der Waals surface area contributed by atoms with E-state index in [2.05, 4.69) is 11.6 Å². The number of nitrogens with one attached hydrogen (secondary N) is 1. The molecule has 2 nitrogen and oxygen atoms in total. The van der Waals surface area contributed by atoms with E-state index in [4.69, 9.17) is 0 Å². The molecule has 18 heavy (non-hydrogen) atoms. The van der Waals surface area contributed by atoms with Crippen molar-refractivity contribution in [3.8, 4) is 5.75 Å².